The lowest BCUT2D eigenvalue weighted by Gasteiger charge is -2.03. The smallest absolute Gasteiger partial charge is 0.0976 e. The van der Waals surface area contributed by atoms with Gasteiger partial charge in [-0.25, -0.2) is 4.98 Å². The van der Waals surface area contributed by atoms with E-state index in [-0.39, 0.29) is 0 Å². The quantitative estimate of drug-likeness (QED) is 0.848. The molecular weight excluding hydrogens is 280 g/mol. The molecule has 0 fully saturated rings. The lowest BCUT2D eigenvalue weighted by molar-refractivity contribution is 0.181. The largest absolute Gasteiger partial charge is 0.378 e. The predicted molar refractivity (Wildman–Crippen MR) is 88.9 cm³/mol. The summed E-state index contributed by atoms with van der Waals surface area (Å²) in [5.74, 6) is 0. The molecular formula is C17H24N2OS. The van der Waals surface area contributed by atoms with Crippen molar-refractivity contribution >= 4 is 11.3 Å². The Kier molecular flexibility index (Phi) is 5.91. The van der Waals surface area contributed by atoms with Crippen LogP contribution in [0.25, 0.3) is 0 Å². The standard InChI is InChI=1S/C17H24N2OS/c1-5-18-10-16-15(11-20-4)19-17(21-16)9-14-7-6-12(2)13(3)8-14/h6-8,18H,5,9-11H2,1-4H3. The Hall–Kier alpha value is -1.23. The van der Waals surface area contributed by atoms with E-state index in [9.17, 15) is 0 Å². The molecule has 0 aliphatic rings. The van der Waals surface area contributed by atoms with Crippen LogP contribution in [0.3, 0.4) is 0 Å². The molecule has 0 aliphatic heterocycles. The Labute approximate surface area is 131 Å². The summed E-state index contributed by atoms with van der Waals surface area (Å²) in [4.78, 5) is 6.04. The molecule has 1 aromatic carbocycles. The Balaban J connectivity index is 2.16. The van der Waals surface area contributed by atoms with Crippen LogP contribution in [0.5, 0.6) is 0 Å². The van der Waals surface area contributed by atoms with E-state index in [0.29, 0.717) is 6.61 Å². The van der Waals surface area contributed by atoms with Crippen molar-refractivity contribution in [3.05, 3.63) is 50.5 Å². The second-order valence-electron chi connectivity index (χ2n) is 5.29. The second kappa shape index (κ2) is 7.69. The van der Waals surface area contributed by atoms with Crippen molar-refractivity contribution in [2.24, 2.45) is 0 Å². The third-order valence-corrected chi connectivity index (χ3v) is 4.66. The summed E-state index contributed by atoms with van der Waals surface area (Å²) in [6.45, 7) is 8.86. The average Bonchev–Trinajstić information content (AvgIpc) is 2.83. The van der Waals surface area contributed by atoms with Gasteiger partial charge < -0.3 is 10.1 Å². The summed E-state index contributed by atoms with van der Waals surface area (Å²) in [6.07, 6.45) is 0.897. The number of nitrogens with one attached hydrogen (secondary N) is 1. The van der Waals surface area contributed by atoms with Gasteiger partial charge in [0.1, 0.15) is 0 Å². The zero-order chi connectivity index (χ0) is 15.2. The van der Waals surface area contributed by atoms with Gasteiger partial charge in [-0.1, -0.05) is 25.1 Å². The lowest BCUT2D eigenvalue weighted by Crippen LogP contribution is -2.12. The van der Waals surface area contributed by atoms with Gasteiger partial charge in [-0.05, 0) is 37.1 Å². The maximum absolute atomic E-state index is 5.26. The number of nitrogens with zero attached hydrogens (tertiary/aromatic N) is 1. The maximum Gasteiger partial charge on any atom is 0.0976 e. The normalized spacial score (nSPS) is 11.0. The molecule has 0 bridgehead atoms. The predicted octanol–water partition coefficient (Wildman–Crippen LogP) is 3.61. The molecule has 0 aliphatic carbocycles. The third-order valence-electron chi connectivity index (χ3n) is 3.57. The number of thiazole rings is 1. The van der Waals surface area contributed by atoms with E-state index < -0.39 is 0 Å². The SMILES string of the molecule is CCNCc1sc(Cc2ccc(C)c(C)c2)nc1COC. The van der Waals surface area contributed by atoms with Crippen LogP contribution in [0, 0.1) is 13.8 Å². The minimum atomic E-state index is 0.587. The molecule has 0 saturated carbocycles. The summed E-state index contributed by atoms with van der Waals surface area (Å²) in [6, 6.07) is 6.65. The van der Waals surface area contributed by atoms with Crippen molar-refractivity contribution in [3.63, 3.8) is 0 Å². The summed E-state index contributed by atoms with van der Waals surface area (Å²) in [7, 11) is 1.72. The molecule has 0 unspecified atom stereocenters. The summed E-state index contributed by atoms with van der Waals surface area (Å²) in [5, 5.41) is 4.54. The minimum absolute atomic E-state index is 0.587. The first kappa shape index (κ1) is 16.1. The Bertz CT molecular complexity index is 592. The van der Waals surface area contributed by atoms with Crippen molar-refractivity contribution in [2.45, 2.75) is 40.3 Å². The van der Waals surface area contributed by atoms with E-state index in [1.807, 2.05) is 0 Å². The van der Waals surface area contributed by atoms with Crippen molar-refractivity contribution in [3.8, 4) is 0 Å². The number of aromatic nitrogens is 1. The van der Waals surface area contributed by atoms with Crippen LogP contribution in [-0.2, 0) is 24.3 Å². The fourth-order valence-corrected chi connectivity index (χ4v) is 3.30. The highest BCUT2D eigenvalue weighted by molar-refractivity contribution is 7.11. The number of rotatable bonds is 7. The van der Waals surface area contributed by atoms with Crippen LogP contribution in [-0.4, -0.2) is 18.6 Å². The number of benzene rings is 1. The highest BCUT2D eigenvalue weighted by Gasteiger charge is 2.11. The molecule has 3 nitrogen and oxygen atoms in total. The Morgan fingerprint density at radius 2 is 2.05 bits per heavy atom. The number of ether oxygens (including phenoxy) is 1. The van der Waals surface area contributed by atoms with Crippen LogP contribution in [0.2, 0.25) is 0 Å². The summed E-state index contributed by atoms with van der Waals surface area (Å²) >= 11 is 1.79. The highest BCUT2D eigenvalue weighted by Crippen LogP contribution is 2.23. The first-order valence-electron chi connectivity index (χ1n) is 7.37. The van der Waals surface area contributed by atoms with Crippen LogP contribution in [0.1, 0.15) is 39.2 Å². The van der Waals surface area contributed by atoms with E-state index in [0.717, 1.165) is 25.2 Å². The summed E-state index contributed by atoms with van der Waals surface area (Å²) in [5.41, 5.74) is 5.08. The number of methoxy groups -OCH3 is 1. The number of aryl methyl sites for hydroxylation is 2. The van der Waals surface area contributed by atoms with E-state index in [2.05, 4.69) is 44.3 Å². The van der Waals surface area contributed by atoms with E-state index in [1.54, 1.807) is 18.4 Å². The van der Waals surface area contributed by atoms with Crippen LogP contribution < -0.4 is 5.32 Å². The maximum atomic E-state index is 5.26. The fraction of sp³-hybridized carbons (Fsp3) is 0.471. The average molecular weight is 304 g/mol. The summed E-state index contributed by atoms with van der Waals surface area (Å²) < 4.78 is 5.26. The molecule has 0 atom stereocenters. The Morgan fingerprint density at radius 1 is 1.24 bits per heavy atom. The van der Waals surface area contributed by atoms with Gasteiger partial charge in [-0.3, -0.25) is 0 Å². The van der Waals surface area contributed by atoms with E-state index in [1.165, 1.54) is 26.6 Å². The number of hydrogen-bond acceptors (Lipinski definition) is 4. The van der Waals surface area contributed by atoms with Gasteiger partial charge in [-0.2, -0.15) is 0 Å². The molecule has 114 valence electrons. The van der Waals surface area contributed by atoms with Crippen molar-refractivity contribution in [2.75, 3.05) is 13.7 Å². The molecule has 2 rings (SSSR count). The van der Waals surface area contributed by atoms with Gasteiger partial charge in [-0.15, -0.1) is 11.3 Å². The third kappa shape index (κ3) is 4.37. The highest BCUT2D eigenvalue weighted by atomic mass is 32.1. The molecule has 1 heterocycles. The van der Waals surface area contributed by atoms with Gasteiger partial charge in [0.15, 0.2) is 0 Å². The molecule has 21 heavy (non-hydrogen) atoms. The monoisotopic (exact) mass is 304 g/mol. The minimum Gasteiger partial charge on any atom is -0.378 e. The second-order valence-corrected chi connectivity index (χ2v) is 6.45. The first-order valence-corrected chi connectivity index (χ1v) is 8.19. The van der Waals surface area contributed by atoms with Gasteiger partial charge in [0.2, 0.25) is 0 Å². The van der Waals surface area contributed by atoms with Crippen LogP contribution in [0.15, 0.2) is 18.2 Å². The lowest BCUT2D eigenvalue weighted by atomic mass is 10.0. The molecule has 4 heteroatoms. The van der Waals surface area contributed by atoms with E-state index in [4.69, 9.17) is 9.72 Å². The molecule has 0 amide bonds. The molecule has 0 radical (unpaired) electrons. The molecule has 0 saturated heterocycles. The molecule has 2 aromatic rings. The van der Waals surface area contributed by atoms with Gasteiger partial charge in [0.25, 0.3) is 0 Å². The van der Waals surface area contributed by atoms with Crippen molar-refractivity contribution in [1.29, 1.82) is 0 Å². The number of hydrogen-bond donors (Lipinski definition) is 1. The zero-order valence-corrected chi connectivity index (χ0v) is 14.1. The van der Waals surface area contributed by atoms with Crippen molar-refractivity contribution < 1.29 is 4.74 Å². The van der Waals surface area contributed by atoms with Crippen molar-refractivity contribution in [1.82, 2.24) is 10.3 Å². The molecule has 1 aromatic heterocycles. The van der Waals surface area contributed by atoms with Gasteiger partial charge in [0, 0.05) is 25.0 Å². The fourth-order valence-electron chi connectivity index (χ4n) is 2.23. The Morgan fingerprint density at radius 3 is 2.71 bits per heavy atom. The van der Waals surface area contributed by atoms with Crippen LogP contribution >= 0.6 is 11.3 Å². The zero-order valence-electron chi connectivity index (χ0n) is 13.3. The topological polar surface area (TPSA) is 34.2 Å². The first-order chi connectivity index (χ1) is 10.1. The molecule has 1 N–H and O–H groups in total. The van der Waals surface area contributed by atoms with Crippen LogP contribution in [0.4, 0.5) is 0 Å². The van der Waals surface area contributed by atoms with Gasteiger partial charge in [0.05, 0.1) is 17.3 Å². The van der Waals surface area contributed by atoms with E-state index >= 15 is 0 Å². The van der Waals surface area contributed by atoms with Gasteiger partial charge >= 0.3 is 0 Å². The molecule has 0 spiro atoms.